The molecule has 0 amide bonds. The summed E-state index contributed by atoms with van der Waals surface area (Å²) in [6, 6.07) is 18.0. The van der Waals surface area contributed by atoms with Crippen LogP contribution in [0.25, 0.3) is 0 Å². The third kappa shape index (κ3) is 2.93. The number of hydrogen-bond acceptors (Lipinski definition) is 2. The smallest absolute Gasteiger partial charge is 0.122 e. The van der Waals surface area contributed by atoms with E-state index < -0.39 is 0 Å². The van der Waals surface area contributed by atoms with E-state index in [-0.39, 0.29) is 6.10 Å². The van der Waals surface area contributed by atoms with Crippen LogP contribution in [0.5, 0.6) is 0 Å². The van der Waals surface area contributed by atoms with E-state index in [4.69, 9.17) is 5.26 Å². The van der Waals surface area contributed by atoms with E-state index in [0.29, 0.717) is 6.42 Å². The molecule has 0 spiro atoms. The average Bonchev–Trinajstić information content (AvgIpc) is 2.38. The van der Waals surface area contributed by atoms with Crippen molar-refractivity contribution < 1.29 is 10.1 Å². The van der Waals surface area contributed by atoms with Gasteiger partial charge in [-0.2, -0.15) is 0 Å². The molecule has 1 atom stereocenters. The van der Waals surface area contributed by atoms with Crippen molar-refractivity contribution in [3.8, 4) is 0 Å². The summed E-state index contributed by atoms with van der Waals surface area (Å²) in [4.78, 5) is 4.62. The number of hydrogen-bond donors (Lipinski definition) is 1. The van der Waals surface area contributed by atoms with E-state index in [2.05, 4.69) is 4.89 Å². The molecule has 0 radical (unpaired) electrons. The van der Waals surface area contributed by atoms with E-state index in [0.717, 1.165) is 16.7 Å². The molecule has 0 aliphatic carbocycles. The van der Waals surface area contributed by atoms with Gasteiger partial charge < -0.3 is 0 Å². The van der Waals surface area contributed by atoms with Crippen LogP contribution in [0.4, 0.5) is 0 Å². The lowest BCUT2D eigenvalue weighted by Gasteiger charge is -2.16. The maximum atomic E-state index is 9.07. The maximum Gasteiger partial charge on any atom is 0.122 e. The average molecular weight is 228 g/mol. The Morgan fingerprint density at radius 1 is 1.00 bits per heavy atom. The second-order valence-electron chi connectivity index (χ2n) is 4.14. The molecule has 0 fully saturated rings. The molecule has 2 heteroatoms. The van der Waals surface area contributed by atoms with Crippen molar-refractivity contribution in [2.24, 2.45) is 0 Å². The Morgan fingerprint density at radius 3 is 2.29 bits per heavy atom. The maximum absolute atomic E-state index is 9.07. The van der Waals surface area contributed by atoms with Crippen molar-refractivity contribution in [2.45, 2.75) is 19.4 Å². The van der Waals surface area contributed by atoms with Crippen LogP contribution in [0.2, 0.25) is 0 Å². The van der Waals surface area contributed by atoms with Crippen molar-refractivity contribution in [2.75, 3.05) is 0 Å². The number of aryl methyl sites for hydroxylation is 1. The van der Waals surface area contributed by atoms with Gasteiger partial charge in [0.15, 0.2) is 0 Å². The minimum atomic E-state index is -0.307. The molecular formula is C15H16O2. The van der Waals surface area contributed by atoms with E-state index >= 15 is 0 Å². The molecule has 0 aliphatic heterocycles. The third-order valence-corrected chi connectivity index (χ3v) is 2.93. The van der Waals surface area contributed by atoms with Crippen molar-refractivity contribution in [3.63, 3.8) is 0 Å². The van der Waals surface area contributed by atoms with Crippen LogP contribution in [0.1, 0.15) is 22.8 Å². The molecule has 0 saturated carbocycles. The summed E-state index contributed by atoms with van der Waals surface area (Å²) in [6.45, 7) is 2.02. The molecule has 0 saturated heterocycles. The summed E-state index contributed by atoms with van der Waals surface area (Å²) >= 11 is 0. The van der Waals surface area contributed by atoms with Crippen LogP contribution in [0.3, 0.4) is 0 Å². The van der Waals surface area contributed by atoms with Crippen LogP contribution in [-0.2, 0) is 11.3 Å². The highest BCUT2D eigenvalue weighted by Gasteiger charge is 2.14. The van der Waals surface area contributed by atoms with Gasteiger partial charge in [-0.25, -0.2) is 4.89 Å². The minimum Gasteiger partial charge on any atom is -0.251 e. The first kappa shape index (κ1) is 11.8. The van der Waals surface area contributed by atoms with Gasteiger partial charge in [0, 0.05) is 6.42 Å². The Balaban J connectivity index is 2.21. The summed E-state index contributed by atoms with van der Waals surface area (Å²) in [7, 11) is 0. The normalized spacial score (nSPS) is 12.4. The zero-order chi connectivity index (χ0) is 12.1. The highest BCUT2D eigenvalue weighted by molar-refractivity contribution is 5.29. The second-order valence-corrected chi connectivity index (χ2v) is 4.14. The summed E-state index contributed by atoms with van der Waals surface area (Å²) in [5.41, 5.74) is 3.30. The molecule has 0 aromatic heterocycles. The molecule has 0 bridgehead atoms. The number of rotatable bonds is 4. The molecule has 2 rings (SSSR count). The number of benzene rings is 2. The van der Waals surface area contributed by atoms with Gasteiger partial charge in [0.2, 0.25) is 0 Å². The summed E-state index contributed by atoms with van der Waals surface area (Å²) in [5.74, 6) is 0. The lowest BCUT2D eigenvalue weighted by molar-refractivity contribution is -0.281. The van der Waals surface area contributed by atoms with Crippen LogP contribution < -0.4 is 0 Å². The van der Waals surface area contributed by atoms with E-state index in [1.807, 2.05) is 61.5 Å². The van der Waals surface area contributed by atoms with Gasteiger partial charge >= 0.3 is 0 Å². The van der Waals surface area contributed by atoms with Gasteiger partial charge in [-0.3, -0.25) is 5.26 Å². The Bertz CT molecular complexity index is 465. The molecule has 88 valence electrons. The van der Waals surface area contributed by atoms with Gasteiger partial charge in [-0.05, 0) is 23.6 Å². The lowest BCUT2D eigenvalue weighted by Crippen LogP contribution is -2.07. The molecule has 1 N–H and O–H groups in total. The highest BCUT2D eigenvalue weighted by Crippen LogP contribution is 2.24. The van der Waals surface area contributed by atoms with Gasteiger partial charge in [0.1, 0.15) is 6.10 Å². The molecule has 2 nitrogen and oxygen atoms in total. The lowest BCUT2D eigenvalue weighted by atomic mass is 9.98. The molecule has 1 unspecified atom stereocenters. The molecule has 0 aliphatic rings. The Morgan fingerprint density at radius 2 is 1.65 bits per heavy atom. The molecule has 0 heterocycles. The SMILES string of the molecule is Cc1ccccc1C(Cc1ccccc1)OO. The minimum absolute atomic E-state index is 0.307. The van der Waals surface area contributed by atoms with Crippen molar-refractivity contribution in [1.82, 2.24) is 0 Å². The quantitative estimate of drug-likeness (QED) is 0.637. The highest BCUT2D eigenvalue weighted by atomic mass is 17.1. The monoisotopic (exact) mass is 228 g/mol. The van der Waals surface area contributed by atoms with Crippen LogP contribution >= 0.6 is 0 Å². The molecule has 2 aromatic carbocycles. The summed E-state index contributed by atoms with van der Waals surface area (Å²) in [6.07, 6.45) is 0.362. The van der Waals surface area contributed by atoms with Gasteiger partial charge in [-0.1, -0.05) is 54.6 Å². The predicted octanol–water partition coefficient (Wildman–Crippen LogP) is 3.77. The van der Waals surface area contributed by atoms with Gasteiger partial charge in [0.05, 0.1) is 0 Å². The Hall–Kier alpha value is -1.64. The summed E-state index contributed by atoms with van der Waals surface area (Å²) < 4.78 is 0. The summed E-state index contributed by atoms with van der Waals surface area (Å²) in [5, 5.41) is 9.07. The Labute approximate surface area is 101 Å². The first-order valence-corrected chi connectivity index (χ1v) is 5.71. The molecule has 2 aromatic rings. The Kier molecular flexibility index (Phi) is 3.91. The topological polar surface area (TPSA) is 29.5 Å². The van der Waals surface area contributed by atoms with Crippen LogP contribution in [-0.4, -0.2) is 5.26 Å². The van der Waals surface area contributed by atoms with Crippen molar-refractivity contribution in [1.29, 1.82) is 0 Å². The first-order valence-electron chi connectivity index (χ1n) is 5.71. The second kappa shape index (κ2) is 5.62. The van der Waals surface area contributed by atoms with Crippen LogP contribution in [0, 0.1) is 6.92 Å². The fourth-order valence-electron chi connectivity index (χ4n) is 1.98. The fourth-order valence-corrected chi connectivity index (χ4v) is 1.98. The largest absolute Gasteiger partial charge is 0.251 e. The standard InChI is InChI=1S/C15H16O2/c1-12-7-5-6-10-14(12)15(17-16)11-13-8-3-2-4-9-13/h2-10,15-16H,11H2,1H3. The van der Waals surface area contributed by atoms with E-state index in [1.165, 1.54) is 0 Å². The molecular weight excluding hydrogens is 212 g/mol. The zero-order valence-electron chi connectivity index (χ0n) is 9.84. The molecule has 17 heavy (non-hydrogen) atoms. The predicted molar refractivity (Wildman–Crippen MR) is 67.8 cm³/mol. The van der Waals surface area contributed by atoms with Crippen LogP contribution in [0.15, 0.2) is 54.6 Å². The van der Waals surface area contributed by atoms with Crippen molar-refractivity contribution in [3.05, 3.63) is 71.3 Å². The van der Waals surface area contributed by atoms with E-state index in [9.17, 15) is 0 Å². The van der Waals surface area contributed by atoms with E-state index in [1.54, 1.807) is 0 Å². The fraction of sp³-hybridized carbons (Fsp3) is 0.200. The third-order valence-electron chi connectivity index (χ3n) is 2.93. The van der Waals surface area contributed by atoms with Crippen molar-refractivity contribution >= 4 is 0 Å². The zero-order valence-corrected chi connectivity index (χ0v) is 9.84. The van der Waals surface area contributed by atoms with Gasteiger partial charge in [-0.15, -0.1) is 0 Å². The van der Waals surface area contributed by atoms with Gasteiger partial charge in [0.25, 0.3) is 0 Å². The first-order chi connectivity index (χ1) is 8.31.